The van der Waals surface area contributed by atoms with Crippen LogP contribution < -0.4 is 4.90 Å². The van der Waals surface area contributed by atoms with E-state index in [9.17, 15) is 4.79 Å². The Hall–Kier alpha value is -2.09. The fraction of sp³-hybridized carbons (Fsp3) is 0.278. The summed E-state index contributed by atoms with van der Waals surface area (Å²) in [7, 11) is 2.08. The molecule has 0 saturated heterocycles. The molecular formula is C18H21NO. The first-order valence-corrected chi connectivity index (χ1v) is 7.09. The molecule has 0 aromatic heterocycles. The number of Topliss-reactive ketones (excluding diaryl/α,β-unsaturated/α-hetero) is 1. The zero-order chi connectivity index (χ0) is 14.4. The minimum Gasteiger partial charge on any atom is -0.374 e. The van der Waals surface area contributed by atoms with Crippen LogP contribution in [0.3, 0.4) is 0 Å². The number of carbonyl (C=O) groups is 1. The Morgan fingerprint density at radius 2 is 1.65 bits per heavy atom. The maximum absolute atomic E-state index is 11.6. The minimum atomic E-state index is 0.198. The van der Waals surface area contributed by atoms with Crippen molar-refractivity contribution in [3.8, 4) is 0 Å². The van der Waals surface area contributed by atoms with Gasteiger partial charge in [-0.1, -0.05) is 37.3 Å². The van der Waals surface area contributed by atoms with Gasteiger partial charge in [0.2, 0.25) is 0 Å². The lowest BCUT2D eigenvalue weighted by Gasteiger charge is -2.19. The number of hydrogen-bond acceptors (Lipinski definition) is 2. The molecule has 104 valence electrons. The van der Waals surface area contributed by atoms with Crippen molar-refractivity contribution < 1.29 is 4.79 Å². The van der Waals surface area contributed by atoms with Gasteiger partial charge in [-0.15, -0.1) is 0 Å². The molecule has 0 unspecified atom stereocenters. The Kier molecular flexibility index (Phi) is 4.94. The fourth-order valence-corrected chi connectivity index (χ4v) is 2.18. The van der Waals surface area contributed by atoms with E-state index in [0.717, 1.165) is 24.2 Å². The van der Waals surface area contributed by atoms with Crippen LogP contribution in [0.2, 0.25) is 0 Å². The quantitative estimate of drug-likeness (QED) is 0.738. The van der Waals surface area contributed by atoms with Crippen LogP contribution in [0.1, 0.15) is 29.3 Å². The van der Waals surface area contributed by atoms with Crippen molar-refractivity contribution in [2.75, 3.05) is 18.5 Å². The molecule has 0 saturated carbocycles. The van der Waals surface area contributed by atoms with Gasteiger partial charge in [-0.25, -0.2) is 0 Å². The van der Waals surface area contributed by atoms with Crippen molar-refractivity contribution in [3.05, 3.63) is 65.7 Å². The lowest BCUT2D eigenvalue weighted by molar-refractivity contribution is 0.0988. The molecule has 2 rings (SSSR count). The first-order valence-electron chi connectivity index (χ1n) is 7.09. The van der Waals surface area contributed by atoms with Gasteiger partial charge >= 0.3 is 0 Å². The number of likely N-dealkylation sites (N-methyl/N-ethyl adjacent to an activating group) is 1. The van der Waals surface area contributed by atoms with Crippen molar-refractivity contribution >= 4 is 11.5 Å². The first-order chi connectivity index (χ1) is 9.70. The standard InChI is InChI=1S/C18H21NO/c1-3-18(20)16-9-11-17(12-10-16)19(2)14-13-15-7-5-4-6-8-15/h4-12H,3,13-14H2,1-2H3. The number of carbonyl (C=O) groups excluding carboxylic acids is 1. The second-order valence-electron chi connectivity index (χ2n) is 4.98. The highest BCUT2D eigenvalue weighted by Gasteiger charge is 2.05. The van der Waals surface area contributed by atoms with Gasteiger partial charge in [-0.3, -0.25) is 4.79 Å². The van der Waals surface area contributed by atoms with E-state index in [-0.39, 0.29) is 5.78 Å². The summed E-state index contributed by atoms with van der Waals surface area (Å²) in [5.74, 6) is 0.198. The molecule has 2 heteroatoms. The zero-order valence-electron chi connectivity index (χ0n) is 12.2. The Bertz CT molecular complexity index is 545. The molecule has 2 aromatic carbocycles. The molecule has 0 N–H and O–H groups in total. The van der Waals surface area contributed by atoms with Crippen LogP contribution >= 0.6 is 0 Å². The van der Waals surface area contributed by atoms with E-state index < -0.39 is 0 Å². The molecule has 0 bridgehead atoms. The average molecular weight is 267 g/mol. The number of nitrogens with zero attached hydrogens (tertiary/aromatic N) is 1. The van der Waals surface area contributed by atoms with E-state index in [1.54, 1.807) is 0 Å². The lowest BCUT2D eigenvalue weighted by Crippen LogP contribution is -2.20. The Labute approximate surface area is 121 Å². The second-order valence-corrected chi connectivity index (χ2v) is 4.98. The van der Waals surface area contributed by atoms with Gasteiger partial charge in [-0.2, -0.15) is 0 Å². The van der Waals surface area contributed by atoms with Gasteiger partial charge < -0.3 is 4.90 Å². The second kappa shape index (κ2) is 6.90. The van der Waals surface area contributed by atoms with Gasteiger partial charge in [0.05, 0.1) is 0 Å². The third kappa shape index (κ3) is 3.70. The van der Waals surface area contributed by atoms with E-state index in [0.29, 0.717) is 6.42 Å². The normalized spacial score (nSPS) is 10.3. The van der Waals surface area contributed by atoms with E-state index >= 15 is 0 Å². The predicted octanol–water partition coefficient (Wildman–Crippen LogP) is 3.96. The molecule has 20 heavy (non-hydrogen) atoms. The Morgan fingerprint density at radius 1 is 1.00 bits per heavy atom. The summed E-state index contributed by atoms with van der Waals surface area (Å²) >= 11 is 0. The summed E-state index contributed by atoms with van der Waals surface area (Å²) in [6.45, 7) is 2.85. The van der Waals surface area contributed by atoms with E-state index in [1.807, 2.05) is 37.3 Å². The van der Waals surface area contributed by atoms with Crippen molar-refractivity contribution in [2.45, 2.75) is 19.8 Å². The number of rotatable bonds is 6. The van der Waals surface area contributed by atoms with Gasteiger partial charge in [0.25, 0.3) is 0 Å². The summed E-state index contributed by atoms with van der Waals surface area (Å²) in [4.78, 5) is 13.8. The van der Waals surface area contributed by atoms with Crippen LogP contribution in [0.15, 0.2) is 54.6 Å². The summed E-state index contributed by atoms with van der Waals surface area (Å²) in [6.07, 6.45) is 1.58. The predicted molar refractivity (Wildman–Crippen MR) is 84.5 cm³/mol. The van der Waals surface area contributed by atoms with Gasteiger partial charge in [0.1, 0.15) is 0 Å². The molecular weight excluding hydrogens is 246 g/mol. The van der Waals surface area contributed by atoms with Crippen molar-refractivity contribution in [1.29, 1.82) is 0 Å². The van der Waals surface area contributed by atoms with Crippen LogP contribution in [0.25, 0.3) is 0 Å². The van der Waals surface area contributed by atoms with Crippen LogP contribution in [0.4, 0.5) is 5.69 Å². The maximum Gasteiger partial charge on any atom is 0.162 e. The molecule has 0 atom stereocenters. The van der Waals surface area contributed by atoms with E-state index in [4.69, 9.17) is 0 Å². The van der Waals surface area contributed by atoms with Crippen LogP contribution in [-0.2, 0) is 6.42 Å². The number of benzene rings is 2. The molecule has 0 aliphatic rings. The first kappa shape index (κ1) is 14.3. The highest BCUT2D eigenvalue weighted by molar-refractivity contribution is 5.96. The smallest absolute Gasteiger partial charge is 0.162 e. The molecule has 0 radical (unpaired) electrons. The largest absolute Gasteiger partial charge is 0.374 e. The number of hydrogen-bond donors (Lipinski definition) is 0. The molecule has 0 fully saturated rings. The molecule has 0 aliphatic heterocycles. The lowest BCUT2D eigenvalue weighted by atomic mass is 10.1. The molecule has 2 aromatic rings. The highest BCUT2D eigenvalue weighted by atomic mass is 16.1. The maximum atomic E-state index is 11.6. The van der Waals surface area contributed by atoms with Crippen LogP contribution in [0, 0.1) is 0 Å². The van der Waals surface area contributed by atoms with E-state index in [2.05, 4.69) is 36.2 Å². The molecule has 0 amide bonds. The summed E-state index contributed by atoms with van der Waals surface area (Å²) < 4.78 is 0. The van der Waals surface area contributed by atoms with Crippen LogP contribution in [-0.4, -0.2) is 19.4 Å². The molecule has 0 aliphatic carbocycles. The minimum absolute atomic E-state index is 0.198. The SMILES string of the molecule is CCC(=O)c1ccc(N(C)CCc2ccccc2)cc1. The van der Waals surface area contributed by atoms with Crippen molar-refractivity contribution in [1.82, 2.24) is 0 Å². The monoisotopic (exact) mass is 267 g/mol. The van der Waals surface area contributed by atoms with Crippen molar-refractivity contribution in [3.63, 3.8) is 0 Å². The summed E-state index contributed by atoms with van der Waals surface area (Å²) in [5, 5.41) is 0. The topological polar surface area (TPSA) is 20.3 Å². The fourth-order valence-electron chi connectivity index (χ4n) is 2.18. The van der Waals surface area contributed by atoms with Gasteiger partial charge in [0.15, 0.2) is 5.78 Å². The van der Waals surface area contributed by atoms with Crippen LogP contribution in [0.5, 0.6) is 0 Å². The molecule has 0 heterocycles. The van der Waals surface area contributed by atoms with Gasteiger partial charge in [-0.05, 0) is 36.2 Å². The number of anilines is 1. The Balaban J connectivity index is 1.95. The third-order valence-corrected chi connectivity index (χ3v) is 3.53. The zero-order valence-corrected chi connectivity index (χ0v) is 12.2. The Morgan fingerprint density at radius 3 is 2.25 bits per heavy atom. The summed E-state index contributed by atoms with van der Waals surface area (Å²) in [5.41, 5.74) is 3.29. The van der Waals surface area contributed by atoms with E-state index in [1.165, 1.54) is 5.56 Å². The average Bonchev–Trinajstić information content (AvgIpc) is 2.53. The molecule has 0 spiro atoms. The summed E-state index contributed by atoms with van der Waals surface area (Å²) in [6, 6.07) is 18.4. The molecule has 2 nitrogen and oxygen atoms in total. The third-order valence-electron chi connectivity index (χ3n) is 3.53. The highest BCUT2D eigenvalue weighted by Crippen LogP contribution is 2.15. The number of ketones is 1. The van der Waals surface area contributed by atoms with Crippen molar-refractivity contribution in [2.24, 2.45) is 0 Å². The van der Waals surface area contributed by atoms with Gasteiger partial charge in [0, 0.05) is 31.3 Å².